The number of nitrogens with zero attached hydrogens (tertiary/aromatic N) is 1. The Labute approximate surface area is 133 Å². The molecule has 0 N–H and O–H groups in total. The van der Waals surface area contributed by atoms with Crippen molar-refractivity contribution in [3.8, 4) is 0 Å². The first-order chi connectivity index (χ1) is 9.26. The Morgan fingerprint density at radius 2 is 2.15 bits per heavy atom. The van der Waals surface area contributed by atoms with E-state index in [0.29, 0.717) is 29.2 Å². The van der Waals surface area contributed by atoms with Crippen LogP contribution in [0.2, 0.25) is 0 Å². The van der Waals surface area contributed by atoms with Crippen LogP contribution < -0.4 is 0 Å². The van der Waals surface area contributed by atoms with E-state index in [1.165, 1.54) is 12.8 Å². The molecule has 2 atom stereocenters. The third-order valence-electron chi connectivity index (χ3n) is 4.69. The van der Waals surface area contributed by atoms with Gasteiger partial charge in [0.1, 0.15) is 0 Å². The number of rotatable bonds is 2. The van der Waals surface area contributed by atoms with Crippen LogP contribution in [-0.2, 0) is 11.2 Å². The molecule has 2 heterocycles. The molecule has 20 heavy (non-hydrogen) atoms. The Balaban J connectivity index is 1.73. The summed E-state index contributed by atoms with van der Waals surface area (Å²) in [5, 5.41) is 0. The third-order valence-corrected chi connectivity index (χ3v) is 6.31. The number of carbonyl (C=O) groups excluding carboxylic acids is 1. The lowest BCUT2D eigenvalue weighted by Crippen LogP contribution is -2.38. The minimum Gasteiger partial charge on any atom is -0.339 e. The van der Waals surface area contributed by atoms with Crippen molar-refractivity contribution in [3.05, 3.63) is 20.8 Å². The number of halogens is 1. The average Bonchev–Trinajstić information content (AvgIpc) is 2.78. The summed E-state index contributed by atoms with van der Waals surface area (Å²) in [6, 6.07) is 4.54. The highest BCUT2D eigenvalue weighted by Crippen LogP contribution is 2.52. The largest absolute Gasteiger partial charge is 0.339 e. The third kappa shape index (κ3) is 2.82. The van der Waals surface area contributed by atoms with Gasteiger partial charge in [-0.3, -0.25) is 4.79 Å². The van der Waals surface area contributed by atoms with Crippen molar-refractivity contribution < 1.29 is 4.79 Å². The zero-order valence-corrected chi connectivity index (χ0v) is 14.8. The lowest BCUT2D eigenvalue weighted by molar-refractivity contribution is -0.131. The van der Waals surface area contributed by atoms with Crippen molar-refractivity contribution in [1.29, 1.82) is 0 Å². The van der Waals surface area contributed by atoms with Gasteiger partial charge in [-0.15, -0.1) is 11.3 Å². The number of thiophene rings is 1. The normalized spacial score (nSPS) is 31.6. The highest BCUT2D eigenvalue weighted by Gasteiger charge is 2.50. The van der Waals surface area contributed by atoms with Gasteiger partial charge in [-0.05, 0) is 58.2 Å². The molecule has 1 aromatic heterocycles. The van der Waals surface area contributed by atoms with Crippen LogP contribution in [-0.4, -0.2) is 23.4 Å². The van der Waals surface area contributed by atoms with Crippen LogP contribution in [0.4, 0.5) is 0 Å². The summed E-state index contributed by atoms with van der Waals surface area (Å²) in [6.45, 7) is 8.01. The van der Waals surface area contributed by atoms with E-state index in [2.05, 4.69) is 47.7 Å². The van der Waals surface area contributed by atoms with Gasteiger partial charge in [0.2, 0.25) is 5.91 Å². The second kappa shape index (κ2) is 4.84. The first kappa shape index (κ1) is 14.6. The highest BCUT2D eigenvalue weighted by atomic mass is 79.9. The van der Waals surface area contributed by atoms with E-state index in [4.69, 9.17) is 0 Å². The van der Waals surface area contributed by atoms with Gasteiger partial charge in [0, 0.05) is 17.5 Å². The molecule has 2 aliphatic rings. The summed E-state index contributed by atoms with van der Waals surface area (Å²) >= 11 is 5.14. The zero-order valence-electron chi connectivity index (χ0n) is 12.4. The van der Waals surface area contributed by atoms with Crippen LogP contribution in [0.15, 0.2) is 15.9 Å². The fraction of sp³-hybridized carbons (Fsp3) is 0.688. The highest BCUT2D eigenvalue weighted by molar-refractivity contribution is 9.11. The van der Waals surface area contributed by atoms with Crippen molar-refractivity contribution in [2.75, 3.05) is 6.54 Å². The topological polar surface area (TPSA) is 20.3 Å². The maximum Gasteiger partial charge on any atom is 0.228 e. The fourth-order valence-corrected chi connectivity index (χ4v) is 5.92. The smallest absolute Gasteiger partial charge is 0.228 e. The maximum absolute atomic E-state index is 12.6. The summed E-state index contributed by atoms with van der Waals surface area (Å²) in [7, 11) is 0. The van der Waals surface area contributed by atoms with Crippen molar-refractivity contribution in [2.24, 2.45) is 10.8 Å². The van der Waals surface area contributed by atoms with Crippen molar-refractivity contribution in [1.82, 2.24) is 4.90 Å². The Kier molecular flexibility index (Phi) is 3.53. The summed E-state index contributed by atoms with van der Waals surface area (Å²) in [4.78, 5) is 16.0. The standard InChI is InChI=1S/C16H22BrNOS/c1-15(2)7-11-8-16(3,9-15)10-18(11)14(19)6-12-4-5-13(17)20-12/h4-5,11H,6-10H2,1-3H3. The van der Waals surface area contributed by atoms with Crippen molar-refractivity contribution in [2.45, 2.75) is 52.5 Å². The number of carbonyl (C=O) groups is 1. The molecule has 1 amide bonds. The van der Waals surface area contributed by atoms with Gasteiger partial charge in [0.05, 0.1) is 10.2 Å². The Bertz CT molecular complexity index is 538. The molecule has 2 bridgehead atoms. The van der Waals surface area contributed by atoms with E-state index in [1.807, 2.05) is 6.07 Å². The maximum atomic E-state index is 12.6. The molecule has 1 aliphatic heterocycles. The van der Waals surface area contributed by atoms with Gasteiger partial charge in [0.25, 0.3) is 0 Å². The average molecular weight is 356 g/mol. The number of hydrogen-bond donors (Lipinski definition) is 0. The van der Waals surface area contributed by atoms with E-state index in [-0.39, 0.29) is 0 Å². The molecule has 2 nitrogen and oxygen atoms in total. The van der Waals surface area contributed by atoms with E-state index >= 15 is 0 Å². The second-order valence-corrected chi connectivity index (χ2v) is 10.2. The predicted molar refractivity (Wildman–Crippen MR) is 87.0 cm³/mol. The number of fused-ring (bicyclic) bond motifs is 2. The lowest BCUT2D eigenvalue weighted by atomic mass is 9.65. The molecule has 2 fully saturated rings. The van der Waals surface area contributed by atoms with Gasteiger partial charge < -0.3 is 4.90 Å². The molecule has 1 aliphatic carbocycles. The number of hydrogen-bond acceptors (Lipinski definition) is 2. The van der Waals surface area contributed by atoms with E-state index in [0.717, 1.165) is 21.6 Å². The molecule has 110 valence electrons. The molecule has 1 saturated heterocycles. The second-order valence-electron chi connectivity index (χ2n) is 7.62. The number of amides is 1. The van der Waals surface area contributed by atoms with Gasteiger partial charge in [0.15, 0.2) is 0 Å². The van der Waals surface area contributed by atoms with Crippen LogP contribution in [0.1, 0.15) is 44.9 Å². The fourth-order valence-electron chi connectivity index (χ4n) is 4.45. The molecule has 2 unspecified atom stereocenters. The minimum atomic E-state index is 0.311. The molecule has 0 spiro atoms. The summed E-state index contributed by atoms with van der Waals surface area (Å²) in [5.74, 6) is 0.311. The monoisotopic (exact) mass is 355 g/mol. The molecular weight excluding hydrogens is 334 g/mol. The van der Waals surface area contributed by atoms with Crippen molar-refractivity contribution in [3.63, 3.8) is 0 Å². The Morgan fingerprint density at radius 3 is 2.80 bits per heavy atom. The molecule has 0 radical (unpaired) electrons. The van der Waals surface area contributed by atoms with Gasteiger partial charge in [-0.2, -0.15) is 0 Å². The van der Waals surface area contributed by atoms with E-state index < -0.39 is 0 Å². The number of likely N-dealkylation sites (tertiary alicyclic amines) is 1. The first-order valence-corrected chi connectivity index (χ1v) is 8.91. The van der Waals surface area contributed by atoms with Gasteiger partial charge in [-0.25, -0.2) is 0 Å². The first-order valence-electron chi connectivity index (χ1n) is 7.30. The minimum absolute atomic E-state index is 0.311. The predicted octanol–water partition coefficient (Wildman–Crippen LogP) is 4.48. The van der Waals surface area contributed by atoms with E-state index in [1.54, 1.807) is 11.3 Å². The quantitative estimate of drug-likeness (QED) is 0.765. The zero-order chi connectivity index (χ0) is 14.5. The van der Waals surface area contributed by atoms with Gasteiger partial charge >= 0.3 is 0 Å². The molecule has 1 saturated carbocycles. The molecular formula is C16H22BrNOS. The van der Waals surface area contributed by atoms with Crippen LogP contribution >= 0.6 is 27.3 Å². The van der Waals surface area contributed by atoms with Crippen LogP contribution in [0, 0.1) is 10.8 Å². The van der Waals surface area contributed by atoms with Crippen molar-refractivity contribution >= 4 is 33.2 Å². The summed E-state index contributed by atoms with van der Waals surface area (Å²) < 4.78 is 1.11. The Morgan fingerprint density at radius 1 is 1.40 bits per heavy atom. The van der Waals surface area contributed by atoms with Gasteiger partial charge in [-0.1, -0.05) is 20.8 Å². The SMILES string of the molecule is CC1(C)CC2CC(C)(CN2C(=O)Cc2ccc(Br)s2)C1. The molecule has 3 rings (SSSR count). The Hall–Kier alpha value is -0.350. The molecule has 0 aromatic carbocycles. The summed E-state index contributed by atoms with van der Waals surface area (Å²) in [5.41, 5.74) is 0.705. The van der Waals surface area contributed by atoms with Crippen LogP contribution in [0.5, 0.6) is 0 Å². The summed E-state index contributed by atoms with van der Waals surface area (Å²) in [6.07, 6.45) is 4.15. The van der Waals surface area contributed by atoms with E-state index in [9.17, 15) is 4.79 Å². The molecule has 4 heteroatoms. The lowest BCUT2D eigenvalue weighted by Gasteiger charge is -2.39. The molecule has 1 aromatic rings. The van der Waals surface area contributed by atoms with Crippen LogP contribution in [0.3, 0.4) is 0 Å². The van der Waals surface area contributed by atoms with Crippen LogP contribution in [0.25, 0.3) is 0 Å².